The van der Waals surface area contributed by atoms with Gasteiger partial charge < -0.3 is 9.13 Å². The number of hydrogen-bond donors (Lipinski definition) is 0. The molecule has 4 heterocycles. The van der Waals surface area contributed by atoms with Crippen LogP contribution in [0, 0.1) is 17.9 Å². The van der Waals surface area contributed by atoms with Crippen molar-refractivity contribution in [2.45, 2.75) is 6.18 Å². The Morgan fingerprint density at radius 1 is 0.429 bits per heavy atom. The van der Waals surface area contributed by atoms with Gasteiger partial charge in [-0.2, -0.15) is 18.4 Å². The van der Waals surface area contributed by atoms with Crippen LogP contribution in [0.15, 0.2) is 212 Å². The maximum atomic E-state index is 15.8. The molecule has 0 N–H and O–H groups in total. The lowest BCUT2D eigenvalue weighted by Gasteiger charge is -2.24. The van der Waals surface area contributed by atoms with E-state index in [-0.39, 0.29) is 22.4 Å². The van der Waals surface area contributed by atoms with E-state index in [2.05, 4.69) is 10.9 Å². The van der Waals surface area contributed by atoms with Crippen LogP contribution in [0.2, 0.25) is 0 Å². The van der Waals surface area contributed by atoms with E-state index in [1.165, 1.54) is 12.1 Å². The molecule has 0 aliphatic heterocycles. The van der Waals surface area contributed by atoms with E-state index in [0.29, 0.717) is 44.8 Å². The Hall–Kier alpha value is -9.57. The van der Waals surface area contributed by atoms with Gasteiger partial charge in [0.1, 0.15) is 0 Å². The number of hydrogen-bond acceptors (Lipinski definition) is 3. The van der Waals surface area contributed by atoms with Crippen LogP contribution >= 0.6 is 0 Å². The van der Waals surface area contributed by atoms with Crippen LogP contribution in [-0.2, 0) is 6.18 Å². The average molecular weight is 909 g/mol. The monoisotopic (exact) mass is 908 g/mol. The number of rotatable bonds is 7. The van der Waals surface area contributed by atoms with Gasteiger partial charge >= 0.3 is 6.18 Å². The number of pyridine rings is 2. The van der Waals surface area contributed by atoms with Gasteiger partial charge in [-0.1, -0.05) is 152 Å². The predicted molar refractivity (Wildman–Crippen MR) is 274 cm³/mol. The molecule has 6 nitrogen and oxygen atoms in total. The molecule has 0 aliphatic carbocycles. The van der Waals surface area contributed by atoms with E-state index in [1.54, 1.807) is 12.1 Å². The summed E-state index contributed by atoms with van der Waals surface area (Å²) >= 11 is 0. The zero-order valence-corrected chi connectivity index (χ0v) is 37.0. The Morgan fingerprint density at radius 3 is 1.31 bits per heavy atom. The molecule has 0 unspecified atom stereocenters. The van der Waals surface area contributed by atoms with Crippen LogP contribution < -0.4 is 0 Å². The van der Waals surface area contributed by atoms with Crippen molar-refractivity contribution in [2.75, 3.05) is 0 Å². The normalized spacial score (nSPS) is 11.6. The standard InChI is InChI=1S/C61H35F3N6/c1-66-52-26-12-21-47(61(62,63)64)59(52)60-57(69-53-27-10-8-19-43(53)45-31-29-41(35-55(45)69)50-24-13-22-48(67-50)39-15-4-2-5-16-39)33-38(37-65)34-58(60)70-54-28-11-9-20-44(54)46-32-30-42(36-56(46)70)51-25-14-23-49(68-51)40-17-6-3-7-18-40/h2-36H. The third-order valence-corrected chi connectivity index (χ3v) is 13.0. The largest absolute Gasteiger partial charge is 0.415 e. The van der Waals surface area contributed by atoms with Crippen molar-refractivity contribution in [3.8, 4) is 73.6 Å². The van der Waals surface area contributed by atoms with Crippen LogP contribution in [0.3, 0.4) is 0 Å². The lowest BCUT2D eigenvalue weighted by molar-refractivity contribution is -0.137. The third-order valence-electron chi connectivity index (χ3n) is 13.0. The molecule has 12 aromatic rings. The Balaban J connectivity index is 1.20. The van der Waals surface area contributed by atoms with Crippen LogP contribution in [0.1, 0.15) is 11.1 Å². The minimum atomic E-state index is -4.87. The lowest BCUT2D eigenvalue weighted by Crippen LogP contribution is -2.11. The van der Waals surface area contributed by atoms with Gasteiger partial charge in [-0.05, 0) is 60.7 Å². The van der Waals surface area contributed by atoms with E-state index in [9.17, 15) is 5.26 Å². The predicted octanol–water partition coefficient (Wildman–Crippen LogP) is 16.4. The zero-order valence-electron chi connectivity index (χ0n) is 37.0. The summed E-state index contributed by atoms with van der Waals surface area (Å²) in [5.41, 5.74) is 8.69. The summed E-state index contributed by atoms with van der Waals surface area (Å²) in [5.74, 6) is 0. The van der Waals surface area contributed by atoms with Crippen molar-refractivity contribution < 1.29 is 13.2 Å². The van der Waals surface area contributed by atoms with E-state index >= 15 is 13.2 Å². The van der Waals surface area contributed by atoms with Crippen LogP contribution in [0.4, 0.5) is 18.9 Å². The fourth-order valence-electron chi connectivity index (χ4n) is 9.93. The molecule has 0 atom stereocenters. The highest BCUT2D eigenvalue weighted by atomic mass is 19.4. The van der Waals surface area contributed by atoms with Crippen molar-refractivity contribution >= 4 is 49.3 Å². The number of halogens is 3. The Morgan fingerprint density at radius 2 is 0.857 bits per heavy atom. The van der Waals surface area contributed by atoms with Gasteiger partial charge in [-0.15, -0.1) is 0 Å². The first-order chi connectivity index (χ1) is 34.3. The first-order valence-corrected chi connectivity index (χ1v) is 22.6. The summed E-state index contributed by atoms with van der Waals surface area (Å²) in [6.45, 7) is 8.41. The highest BCUT2D eigenvalue weighted by Gasteiger charge is 2.37. The lowest BCUT2D eigenvalue weighted by atomic mass is 9.92. The second kappa shape index (κ2) is 16.6. The smallest absolute Gasteiger partial charge is 0.309 e. The molecule has 9 heteroatoms. The summed E-state index contributed by atoms with van der Waals surface area (Å²) < 4.78 is 51.2. The average Bonchev–Trinajstić information content (AvgIpc) is 3.92. The molecule has 0 fully saturated rings. The molecule has 12 rings (SSSR count). The van der Waals surface area contributed by atoms with Gasteiger partial charge in [-0.25, -0.2) is 14.8 Å². The van der Waals surface area contributed by atoms with E-state index in [4.69, 9.17) is 16.5 Å². The molecule has 70 heavy (non-hydrogen) atoms. The Labute approximate surface area is 399 Å². The first kappa shape index (κ1) is 41.8. The molecular formula is C61H35F3N6. The molecule has 8 aromatic carbocycles. The maximum absolute atomic E-state index is 15.8. The molecule has 0 radical (unpaired) electrons. The van der Waals surface area contributed by atoms with Crippen LogP contribution in [0.5, 0.6) is 0 Å². The molecule has 0 saturated heterocycles. The van der Waals surface area contributed by atoms with Gasteiger partial charge in [0, 0.05) is 54.9 Å². The molecule has 0 bridgehead atoms. The van der Waals surface area contributed by atoms with Gasteiger partial charge in [0.15, 0.2) is 5.69 Å². The van der Waals surface area contributed by atoms with Crippen molar-refractivity contribution in [1.82, 2.24) is 19.1 Å². The van der Waals surface area contributed by atoms with Crippen molar-refractivity contribution in [3.63, 3.8) is 0 Å². The van der Waals surface area contributed by atoms with Gasteiger partial charge in [0.25, 0.3) is 0 Å². The van der Waals surface area contributed by atoms with E-state index in [0.717, 1.165) is 61.3 Å². The molecule has 330 valence electrons. The van der Waals surface area contributed by atoms with Crippen LogP contribution in [0.25, 0.3) is 116 Å². The summed E-state index contributed by atoms with van der Waals surface area (Å²) in [6.07, 6.45) is -4.87. The fourth-order valence-corrected chi connectivity index (χ4v) is 9.93. The number of nitriles is 1. The third kappa shape index (κ3) is 6.96. The maximum Gasteiger partial charge on any atom is 0.415 e. The van der Waals surface area contributed by atoms with Crippen molar-refractivity contribution in [3.05, 3.63) is 235 Å². The Bertz CT molecular complexity index is 3920. The molecule has 0 saturated carbocycles. The number of nitrogens with zero attached hydrogens (tertiary/aromatic N) is 6. The minimum Gasteiger partial charge on any atom is -0.309 e. The second-order valence-corrected chi connectivity index (χ2v) is 17.0. The van der Waals surface area contributed by atoms with Crippen LogP contribution in [-0.4, -0.2) is 19.1 Å². The first-order valence-electron chi connectivity index (χ1n) is 22.6. The van der Waals surface area contributed by atoms with Gasteiger partial charge in [-0.3, -0.25) is 0 Å². The molecular weight excluding hydrogens is 874 g/mol. The summed E-state index contributed by atoms with van der Waals surface area (Å²) in [5, 5.41) is 14.4. The van der Waals surface area contributed by atoms with E-state index < -0.39 is 11.7 Å². The number of aromatic nitrogens is 4. The number of benzene rings is 8. The minimum absolute atomic E-state index is 0.132. The summed E-state index contributed by atoms with van der Waals surface area (Å²) in [4.78, 5) is 13.9. The number of alkyl halides is 3. The number of fused-ring (bicyclic) bond motifs is 6. The van der Waals surface area contributed by atoms with E-state index in [1.807, 2.05) is 191 Å². The Kier molecular flexibility index (Phi) is 9.94. The van der Waals surface area contributed by atoms with Gasteiger partial charge in [0.2, 0.25) is 0 Å². The zero-order chi connectivity index (χ0) is 47.5. The fraction of sp³-hybridized carbons (Fsp3) is 0.0164. The highest BCUT2D eigenvalue weighted by Crippen LogP contribution is 2.50. The SMILES string of the molecule is [C-]#[N+]c1cccc(C(F)(F)F)c1-c1c(-n2c3ccccc3c3ccc(-c4cccc(-c5ccccc5)n4)cc32)cc(C#N)cc1-n1c2ccccc2c2ccc(-c3cccc(-c4ccccc4)n3)cc21. The highest BCUT2D eigenvalue weighted by molar-refractivity contribution is 6.13. The van der Waals surface area contributed by atoms with Crippen molar-refractivity contribution in [2.24, 2.45) is 0 Å². The topological polar surface area (TPSA) is 63.8 Å². The molecule has 0 spiro atoms. The summed E-state index contributed by atoms with van der Waals surface area (Å²) in [7, 11) is 0. The molecule has 4 aromatic heterocycles. The quantitative estimate of drug-likeness (QED) is 0.150. The second-order valence-electron chi connectivity index (χ2n) is 17.0. The molecule has 0 aliphatic rings. The number of para-hydroxylation sites is 2. The van der Waals surface area contributed by atoms with Crippen molar-refractivity contribution in [1.29, 1.82) is 5.26 Å². The van der Waals surface area contributed by atoms with Gasteiger partial charge in [0.05, 0.1) is 80.0 Å². The summed E-state index contributed by atoms with van der Waals surface area (Å²) in [6, 6.07) is 68.4. The molecule has 0 amide bonds.